The van der Waals surface area contributed by atoms with E-state index >= 15 is 0 Å². The lowest BCUT2D eigenvalue weighted by molar-refractivity contribution is 0.628. The zero-order valence-corrected chi connectivity index (χ0v) is 9.06. The van der Waals surface area contributed by atoms with Crippen LogP contribution in [0, 0.1) is 0 Å². The minimum atomic E-state index is -0.948. The van der Waals surface area contributed by atoms with Gasteiger partial charge in [0.15, 0.2) is 0 Å². The lowest BCUT2D eigenvalue weighted by atomic mass is 10.1. The van der Waals surface area contributed by atoms with Gasteiger partial charge >= 0.3 is 0 Å². The van der Waals surface area contributed by atoms with Crippen molar-refractivity contribution < 1.29 is 4.21 Å². The number of hydrogen-bond donors (Lipinski definition) is 2. The Morgan fingerprint density at radius 3 is 3.07 bits per heavy atom. The summed E-state index contributed by atoms with van der Waals surface area (Å²) in [6.45, 7) is 0.923. The first-order valence-electron chi connectivity index (χ1n) is 5.11. The molecule has 1 atom stereocenters. The standard InChI is InChI=1S/C11H12N2OS/c14-15-9-5-2-1-4-8(9)11-10(15)6-3-7-12-13-11/h1-2,4-5,12-13H,3,6-7H2. The van der Waals surface area contributed by atoms with E-state index in [0.717, 1.165) is 40.4 Å². The number of hydrazine groups is 1. The highest BCUT2D eigenvalue weighted by Gasteiger charge is 2.28. The van der Waals surface area contributed by atoms with Gasteiger partial charge in [-0.15, -0.1) is 0 Å². The summed E-state index contributed by atoms with van der Waals surface area (Å²) >= 11 is 0. The van der Waals surface area contributed by atoms with Crippen molar-refractivity contribution in [2.45, 2.75) is 17.7 Å². The van der Waals surface area contributed by atoms with Crippen LogP contribution in [0.25, 0.3) is 5.70 Å². The zero-order chi connectivity index (χ0) is 10.3. The Kier molecular flexibility index (Phi) is 2.11. The largest absolute Gasteiger partial charge is 0.320 e. The van der Waals surface area contributed by atoms with E-state index in [1.807, 2.05) is 24.3 Å². The van der Waals surface area contributed by atoms with Crippen LogP contribution in [0.2, 0.25) is 0 Å². The molecule has 2 N–H and O–H groups in total. The minimum absolute atomic E-state index is 0.913. The average molecular weight is 220 g/mol. The van der Waals surface area contributed by atoms with Crippen LogP contribution in [-0.2, 0) is 10.8 Å². The molecule has 2 aliphatic heterocycles. The second-order valence-electron chi connectivity index (χ2n) is 3.72. The summed E-state index contributed by atoms with van der Waals surface area (Å²) < 4.78 is 12.2. The number of rotatable bonds is 0. The van der Waals surface area contributed by atoms with Crippen molar-refractivity contribution >= 4 is 16.5 Å². The van der Waals surface area contributed by atoms with E-state index in [2.05, 4.69) is 10.9 Å². The second-order valence-corrected chi connectivity index (χ2v) is 5.19. The molecule has 0 aliphatic carbocycles. The smallest absolute Gasteiger partial charge is 0.0836 e. The lowest BCUT2D eigenvalue weighted by Gasteiger charge is -2.07. The van der Waals surface area contributed by atoms with Crippen molar-refractivity contribution in [1.29, 1.82) is 0 Å². The van der Waals surface area contributed by atoms with Gasteiger partial charge in [0.05, 0.1) is 21.4 Å². The third kappa shape index (κ3) is 1.33. The Bertz CT molecular complexity index is 467. The topological polar surface area (TPSA) is 41.1 Å². The SMILES string of the molecule is O=S1C2=C(NNCCC2)c2ccccc21. The predicted molar refractivity (Wildman–Crippen MR) is 60.1 cm³/mol. The van der Waals surface area contributed by atoms with Crippen LogP contribution in [0.5, 0.6) is 0 Å². The van der Waals surface area contributed by atoms with Crippen molar-refractivity contribution in [3.05, 3.63) is 34.7 Å². The van der Waals surface area contributed by atoms with Crippen LogP contribution >= 0.6 is 0 Å². The molecule has 0 fully saturated rings. The van der Waals surface area contributed by atoms with E-state index in [1.165, 1.54) is 0 Å². The molecule has 15 heavy (non-hydrogen) atoms. The lowest BCUT2D eigenvalue weighted by Crippen LogP contribution is -2.29. The van der Waals surface area contributed by atoms with E-state index < -0.39 is 10.8 Å². The number of fused-ring (bicyclic) bond motifs is 2. The second kappa shape index (κ2) is 3.47. The normalized spacial score (nSPS) is 24.1. The van der Waals surface area contributed by atoms with E-state index in [9.17, 15) is 4.21 Å². The monoisotopic (exact) mass is 220 g/mol. The maximum Gasteiger partial charge on any atom is 0.0836 e. The quantitative estimate of drug-likeness (QED) is 0.693. The number of benzene rings is 1. The zero-order valence-electron chi connectivity index (χ0n) is 8.25. The highest BCUT2D eigenvalue weighted by molar-refractivity contribution is 7.89. The summed E-state index contributed by atoms with van der Waals surface area (Å²) in [7, 11) is -0.948. The molecule has 1 aromatic rings. The highest BCUT2D eigenvalue weighted by Crippen LogP contribution is 2.37. The Balaban J connectivity index is 2.16. The molecule has 1 unspecified atom stereocenters. The first kappa shape index (κ1) is 9.12. The van der Waals surface area contributed by atoms with Gasteiger partial charge < -0.3 is 5.43 Å². The third-order valence-electron chi connectivity index (χ3n) is 2.78. The molecule has 1 aromatic carbocycles. The van der Waals surface area contributed by atoms with E-state index in [0.29, 0.717) is 0 Å². The molecular weight excluding hydrogens is 208 g/mol. The van der Waals surface area contributed by atoms with Crippen molar-refractivity contribution in [2.24, 2.45) is 0 Å². The van der Waals surface area contributed by atoms with Crippen molar-refractivity contribution in [2.75, 3.05) is 6.54 Å². The molecule has 4 heteroatoms. The Labute approximate surface area is 91.0 Å². The molecule has 0 bridgehead atoms. The van der Waals surface area contributed by atoms with Crippen LogP contribution in [0.15, 0.2) is 34.1 Å². The number of hydrogen-bond acceptors (Lipinski definition) is 3. The van der Waals surface area contributed by atoms with Crippen LogP contribution in [-0.4, -0.2) is 10.8 Å². The summed E-state index contributed by atoms with van der Waals surface area (Å²) in [5.41, 5.74) is 8.42. The van der Waals surface area contributed by atoms with E-state index in [1.54, 1.807) is 0 Å². The van der Waals surface area contributed by atoms with E-state index in [-0.39, 0.29) is 0 Å². The average Bonchev–Trinajstić information content (AvgIpc) is 2.48. The minimum Gasteiger partial charge on any atom is -0.320 e. The van der Waals surface area contributed by atoms with Gasteiger partial charge in [-0.2, -0.15) is 0 Å². The molecule has 78 valence electrons. The molecule has 3 nitrogen and oxygen atoms in total. The van der Waals surface area contributed by atoms with Gasteiger partial charge in [-0.25, -0.2) is 9.63 Å². The molecular formula is C11H12N2OS. The predicted octanol–water partition coefficient (Wildman–Crippen LogP) is 1.36. The fourth-order valence-corrected chi connectivity index (χ4v) is 3.57. The first-order chi connectivity index (χ1) is 7.38. The molecule has 0 amide bonds. The van der Waals surface area contributed by atoms with Crippen molar-refractivity contribution in [1.82, 2.24) is 10.9 Å². The molecule has 2 aliphatic rings. The first-order valence-corrected chi connectivity index (χ1v) is 6.26. The number of allylic oxidation sites excluding steroid dienone is 1. The Hall–Kier alpha value is -1.13. The van der Waals surface area contributed by atoms with Crippen molar-refractivity contribution in [3.8, 4) is 0 Å². The maximum absolute atomic E-state index is 12.2. The van der Waals surface area contributed by atoms with Crippen molar-refractivity contribution in [3.63, 3.8) is 0 Å². The summed E-state index contributed by atoms with van der Waals surface area (Å²) in [6.07, 6.45) is 1.95. The summed E-state index contributed by atoms with van der Waals surface area (Å²) in [6, 6.07) is 7.90. The summed E-state index contributed by atoms with van der Waals surface area (Å²) in [4.78, 5) is 1.99. The van der Waals surface area contributed by atoms with Crippen LogP contribution in [0.1, 0.15) is 18.4 Å². The van der Waals surface area contributed by atoms with Gasteiger partial charge in [0.1, 0.15) is 0 Å². The molecule has 0 saturated heterocycles. The Morgan fingerprint density at radius 2 is 2.13 bits per heavy atom. The molecule has 3 rings (SSSR count). The van der Waals surface area contributed by atoms with Gasteiger partial charge in [-0.3, -0.25) is 0 Å². The summed E-state index contributed by atoms with van der Waals surface area (Å²) in [5.74, 6) is 0. The van der Waals surface area contributed by atoms with Gasteiger partial charge in [-0.1, -0.05) is 18.2 Å². The van der Waals surface area contributed by atoms with Gasteiger partial charge in [0.2, 0.25) is 0 Å². The molecule has 0 aromatic heterocycles. The maximum atomic E-state index is 12.2. The van der Waals surface area contributed by atoms with Gasteiger partial charge in [-0.05, 0) is 18.9 Å². The molecule has 0 saturated carbocycles. The van der Waals surface area contributed by atoms with Crippen LogP contribution in [0.3, 0.4) is 0 Å². The van der Waals surface area contributed by atoms with Crippen LogP contribution in [0.4, 0.5) is 0 Å². The molecule has 2 heterocycles. The molecule has 0 radical (unpaired) electrons. The van der Waals surface area contributed by atoms with Gasteiger partial charge in [0, 0.05) is 17.0 Å². The Morgan fingerprint density at radius 1 is 1.27 bits per heavy atom. The molecule has 0 spiro atoms. The van der Waals surface area contributed by atoms with E-state index in [4.69, 9.17) is 0 Å². The third-order valence-corrected chi connectivity index (χ3v) is 4.39. The number of nitrogens with one attached hydrogen (secondary N) is 2. The van der Waals surface area contributed by atoms with Crippen LogP contribution < -0.4 is 10.9 Å². The fourth-order valence-electron chi connectivity index (χ4n) is 2.05. The highest BCUT2D eigenvalue weighted by atomic mass is 32.2. The summed E-state index contributed by atoms with van der Waals surface area (Å²) in [5, 5.41) is 0. The van der Waals surface area contributed by atoms with Gasteiger partial charge in [0.25, 0.3) is 0 Å². The fraction of sp³-hybridized carbons (Fsp3) is 0.273.